The van der Waals surface area contributed by atoms with Gasteiger partial charge in [-0.3, -0.25) is 4.79 Å². The summed E-state index contributed by atoms with van der Waals surface area (Å²) in [6, 6.07) is 27.3. The summed E-state index contributed by atoms with van der Waals surface area (Å²) in [5.41, 5.74) is 19.3. The van der Waals surface area contributed by atoms with Crippen LogP contribution in [0.25, 0.3) is 5.57 Å². The number of nitrogens with zero attached hydrogens (tertiary/aromatic N) is 2. The topological polar surface area (TPSA) is 96.2 Å². The van der Waals surface area contributed by atoms with Gasteiger partial charge in [0.2, 0.25) is 6.41 Å². The van der Waals surface area contributed by atoms with E-state index in [1.807, 2.05) is 12.1 Å². The number of aryl methyl sites for hydroxylation is 3. The van der Waals surface area contributed by atoms with Gasteiger partial charge >= 0.3 is 0 Å². The molecule has 0 saturated heterocycles. The fraction of sp³-hybridized carbons (Fsp3) is 0.351. The average molecular weight is 583 g/mol. The number of nitrogens with two attached hydrogens (primary N) is 2. The van der Waals surface area contributed by atoms with E-state index >= 15 is 0 Å². The van der Waals surface area contributed by atoms with E-state index in [0.717, 1.165) is 49.4 Å². The van der Waals surface area contributed by atoms with Crippen LogP contribution in [0.5, 0.6) is 5.75 Å². The fourth-order valence-electron chi connectivity index (χ4n) is 4.97. The normalized spacial score (nSPS) is 11.1. The summed E-state index contributed by atoms with van der Waals surface area (Å²) in [7, 11) is 1.73. The SMILES string of the molecule is C/C=C(/C)c1ccccc1C.CCc1nc(CC(C)(C)N)n(Cc2ccccc2OC)c1CCc1ccccc1.NC=O. The maximum atomic E-state index is 8.58. The van der Waals surface area contributed by atoms with Crippen LogP contribution in [0.15, 0.2) is 84.9 Å². The van der Waals surface area contributed by atoms with Crippen LogP contribution in [-0.2, 0) is 37.0 Å². The zero-order valence-corrected chi connectivity index (χ0v) is 27.1. The number of methoxy groups -OCH3 is 1. The molecule has 4 N–H and O–H groups in total. The molecule has 0 aliphatic carbocycles. The van der Waals surface area contributed by atoms with Gasteiger partial charge in [-0.2, -0.15) is 0 Å². The second-order valence-corrected chi connectivity index (χ2v) is 11.2. The minimum atomic E-state index is -0.314. The number of imidazole rings is 1. The van der Waals surface area contributed by atoms with Gasteiger partial charge < -0.3 is 20.8 Å². The largest absolute Gasteiger partial charge is 0.496 e. The molecule has 6 nitrogen and oxygen atoms in total. The second-order valence-electron chi connectivity index (χ2n) is 11.2. The number of hydrogen-bond donors (Lipinski definition) is 2. The molecule has 4 aromatic rings. The Labute approximate surface area is 258 Å². The smallest absolute Gasteiger partial charge is 0.204 e. The van der Waals surface area contributed by atoms with Gasteiger partial charge in [0.05, 0.1) is 19.3 Å². The first-order valence-corrected chi connectivity index (χ1v) is 14.9. The van der Waals surface area contributed by atoms with Crippen LogP contribution < -0.4 is 16.2 Å². The van der Waals surface area contributed by atoms with E-state index in [-0.39, 0.29) is 11.9 Å². The lowest BCUT2D eigenvalue weighted by molar-refractivity contribution is -0.106. The van der Waals surface area contributed by atoms with Crippen LogP contribution >= 0.6 is 0 Å². The van der Waals surface area contributed by atoms with E-state index in [1.54, 1.807) is 7.11 Å². The Morgan fingerprint density at radius 1 is 0.977 bits per heavy atom. The first kappa shape index (κ1) is 35.0. The Morgan fingerprint density at radius 2 is 1.58 bits per heavy atom. The molecule has 1 aromatic heterocycles. The van der Waals surface area contributed by atoms with Gasteiger partial charge in [-0.05, 0) is 82.2 Å². The van der Waals surface area contributed by atoms with E-state index < -0.39 is 0 Å². The quantitative estimate of drug-likeness (QED) is 0.195. The standard InChI is InChI=1S/C25H33N3O.C11H14.CH3NO/c1-5-21-22(16-15-19-11-7-6-8-12-19)28(24(27-21)17-25(2,3)26)18-20-13-9-10-14-23(20)29-4;1-4-9(2)11-8-6-5-7-10(11)3;2-1-3/h6-14H,5,15-18,26H2,1-4H3;4-8H,1-3H3;1H,(H2,2,3)/b;9-4-;. The van der Waals surface area contributed by atoms with Crippen molar-refractivity contribution in [1.82, 2.24) is 9.55 Å². The van der Waals surface area contributed by atoms with Gasteiger partial charge in [-0.25, -0.2) is 4.98 Å². The number of aromatic nitrogens is 2. The Morgan fingerprint density at radius 3 is 2.16 bits per heavy atom. The Bertz CT molecular complexity index is 1430. The van der Waals surface area contributed by atoms with Crippen LogP contribution in [0.4, 0.5) is 0 Å². The zero-order chi connectivity index (χ0) is 31.8. The van der Waals surface area contributed by atoms with Gasteiger partial charge in [0.25, 0.3) is 0 Å². The third-order valence-electron chi connectivity index (χ3n) is 7.20. The molecular formula is C37H50N4O2. The number of carbonyl (C=O) groups is 1. The second kappa shape index (κ2) is 17.7. The summed E-state index contributed by atoms with van der Waals surface area (Å²) in [5.74, 6) is 1.97. The molecule has 43 heavy (non-hydrogen) atoms. The van der Waals surface area contributed by atoms with Crippen LogP contribution in [0.3, 0.4) is 0 Å². The maximum Gasteiger partial charge on any atom is 0.204 e. The van der Waals surface area contributed by atoms with Crippen LogP contribution in [-0.4, -0.2) is 28.6 Å². The highest BCUT2D eigenvalue weighted by molar-refractivity contribution is 5.65. The number of hydrogen-bond acceptors (Lipinski definition) is 4. The third kappa shape index (κ3) is 11.2. The molecule has 0 spiro atoms. The highest BCUT2D eigenvalue weighted by Crippen LogP contribution is 2.25. The number of benzene rings is 3. The summed E-state index contributed by atoms with van der Waals surface area (Å²) < 4.78 is 7.97. The van der Waals surface area contributed by atoms with E-state index in [4.69, 9.17) is 20.2 Å². The van der Waals surface area contributed by atoms with Crippen LogP contribution in [0.2, 0.25) is 0 Å². The molecule has 3 aromatic carbocycles. The molecule has 6 heteroatoms. The number of amides is 1. The van der Waals surface area contributed by atoms with Gasteiger partial charge in [-0.15, -0.1) is 0 Å². The van der Waals surface area contributed by atoms with Crippen molar-refractivity contribution in [3.8, 4) is 5.75 Å². The molecule has 1 heterocycles. The van der Waals surface area contributed by atoms with E-state index in [1.165, 1.54) is 33.7 Å². The molecule has 0 fully saturated rings. The predicted octanol–water partition coefficient (Wildman–Crippen LogP) is 7.09. The highest BCUT2D eigenvalue weighted by Gasteiger charge is 2.22. The van der Waals surface area contributed by atoms with Crippen LogP contribution in [0.1, 0.15) is 74.1 Å². The summed E-state index contributed by atoms with van der Waals surface area (Å²) in [4.78, 5) is 13.6. The highest BCUT2D eigenvalue weighted by atomic mass is 16.5. The molecule has 4 rings (SSSR count). The van der Waals surface area contributed by atoms with Crippen molar-refractivity contribution in [1.29, 1.82) is 0 Å². The Hall–Kier alpha value is -4.16. The van der Waals surface area contributed by atoms with Crippen molar-refractivity contribution < 1.29 is 9.53 Å². The number of para-hydroxylation sites is 1. The van der Waals surface area contributed by atoms with Crippen molar-refractivity contribution in [3.63, 3.8) is 0 Å². The number of allylic oxidation sites excluding steroid dienone is 2. The average Bonchev–Trinajstić information content (AvgIpc) is 3.31. The number of ether oxygens (including phenoxy) is 1. The van der Waals surface area contributed by atoms with Gasteiger partial charge in [0.15, 0.2) is 0 Å². The molecule has 0 saturated carbocycles. The molecule has 230 valence electrons. The van der Waals surface area contributed by atoms with Gasteiger partial charge in [0.1, 0.15) is 11.6 Å². The summed E-state index contributed by atoms with van der Waals surface area (Å²) >= 11 is 0. The van der Waals surface area contributed by atoms with Crippen molar-refractivity contribution in [3.05, 3.63) is 124 Å². The molecular weight excluding hydrogens is 532 g/mol. The third-order valence-corrected chi connectivity index (χ3v) is 7.20. The Kier molecular flexibility index (Phi) is 14.4. The van der Waals surface area contributed by atoms with Crippen LogP contribution in [0, 0.1) is 6.92 Å². The molecule has 0 bridgehead atoms. The first-order chi connectivity index (χ1) is 20.6. The molecule has 0 unspecified atom stereocenters. The minimum absolute atomic E-state index is 0.250. The lowest BCUT2D eigenvalue weighted by Crippen LogP contribution is -2.35. The van der Waals surface area contributed by atoms with Crippen molar-refractivity contribution in [2.75, 3.05) is 7.11 Å². The molecule has 0 aliphatic heterocycles. The van der Waals surface area contributed by atoms with Crippen molar-refractivity contribution in [2.45, 2.75) is 79.3 Å². The van der Waals surface area contributed by atoms with E-state index in [0.29, 0.717) is 0 Å². The molecule has 1 amide bonds. The predicted molar refractivity (Wildman–Crippen MR) is 180 cm³/mol. The van der Waals surface area contributed by atoms with Gasteiger partial charge in [0, 0.05) is 23.2 Å². The monoisotopic (exact) mass is 582 g/mol. The molecule has 0 radical (unpaired) electrons. The summed E-state index contributed by atoms with van der Waals surface area (Å²) in [6.45, 7) is 13.4. The maximum absolute atomic E-state index is 8.58. The van der Waals surface area contributed by atoms with Crippen molar-refractivity contribution in [2.24, 2.45) is 11.5 Å². The number of primary amides is 1. The number of rotatable bonds is 10. The first-order valence-electron chi connectivity index (χ1n) is 14.9. The summed E-state index contributed by atoms with van der Waals surface area (Å²) in [6.07, 6.45) is 6.00. The Balaban J connectivity index is 0.000000383. The van der Waals surface area contributed by atoms with E-state index in [9.17, 15) is 0 Å². The summed E-state index contributed by atoms with van der Waals surface area (Å²) in [5, 5.41) is 0. The fourth-order valence-corrected chi connectivity index (χ4v) is 4.97. The van der Waals surface area contributed by atoms with Gasteiger partial charge in [-0.1, -0.05) is 85.8 Å². The lowest BCUT2D eigenvalue weighted by Gasteiger charge is -2.20. The number of carbonyl (C=O) groups excluding carboxylic acids is 1. The van der Waals surface area contributed by atoms with E-state index in [2.05, 4.69) is 125 Å². The molecule has 0 aliphatic rings. The lowest BCUT2D eigenvalue weighted by atomic mass is 10.0. The molecule has 0 atom stereocenters. The zero-order valence-electron chi connectivity index (χ0n) is 27.1. The minimum Gasteiger partial charge on any atom is -0.496 e. The van der Waals surface area contributed by atoms with Crippen molar-refractivity contribution >= 4 is 12.0 Å².